The summed E-state index contributed by atoms with van der Waals surface area (Å²) in [5.74, 6) is 0.799. The Morgan fingerprint density at radius 2 is 1.84 bits per heavy atom. The van der Waals surface area contributed by atoms with Crippen LogP contribution >= 0.6 is 11.6 Å². The Kier molecular flexibility index (Phi) is 12.9. The molecule has 1 heterocycles. The molecule has 0 saturated carbocycles. The maximum Gasteiger partial charge on any atom is 0.404 e. The molecule has 1 saturated heterocycles. The van der Waals surface area contributed by atoms with Crippen molar-refractivity contribution in [2.75, 3.05) is 46.9 Å². The number of halogens is 1. The molecule has 4 rings (SSSR count). The number of nitrogens with zero attached hydrogens (tertiary/aromatic N) is 1. The van der Waals surface area contributed by atoms with E-state index in [0.717, 1.165) is 53.7 Å². The zero-order chi connectivity index (χ0) is 32.2. The predicted molar refractivity (Wildman–Crippen MR) is 178 cm³/mol. The number of aryl methyl sites for hydroxylation is 1. The molecule has 3 aromatic carbocycles. The van der Waals surface area contributed by atoms with Crippen LogP contribution in [0.2, 0.25) is 5.02 Å². The molecule has 10 heteroatoms. The summed E-state index contributed by atoms with van der Waals surface area (Å²) in [5.41, 5.74) is 5.21. The van der Waals surface area contributed by atoms with Crippen molar-refractivity contribution in [3.05, 3.63) is 88.4 Å². The molecule has 0 unspecified atom stereocenters. The van der Waals surface area contributed by atoms with Crippen LogP contribution in [-0.2, 0) is 17.6 Å². The third kappa shape index (κ3) is 9.60. The number of benzene rings is 3. The highest BCUT2D eigenvalue weighted by Gasteiger charge is 2.33. The van der Waals surface area contributed by atoms with Gasteiger partial charge in [-0.3, -0.25) is 0 Å². The molecule has 3 aromatic rings. The fourth-order valence-corrected chi connectivity index (χ4v) is 6.23. The number of rotatable bonds is 14. The van der Waals surface area contributed by atoms with Gasteiger partial charge in [-0.05, 0) is 73.2 Å². The Morgan fingerprint density at radius 1 is 1.07 bits per heavy atom. The molecule has 1 aliphatic heterocycles. The number of hydrogen-bond acceptors (Lipinski definition) is 5. The largest absolute Gasteiger partial charge is 0.497 e. The van der Waals surface area contributed by atoms with Gasteiger partial charge in [-0.2, -0.15) is 0 Å². The van der Waals surface area contributed by atoms with E-state index in [1.165, 1.54) is 5.56 Å². The Balaban J connectivity index is 1.50. The molecule has 0 radical (unpaired) electrons. The predicted octanol–water partition coefficient (Wildman–Crippen LogP) is 6.16. The quantitative estimate of drug-likeness (QED) is 0.158. The van der Waals surface area contributed by atoms with E-state index in [-0.39, 0.29) is 31.1 Å². The Morgan fingerprint density at radius 3 is 2.56 bits per heavy atom. The van der Waals surface area contributed by atoms with Gasteiger partial charge in [0.15, 0.2) is 0 Å². The van der Waals surface area contributed by atoms with E-state index in [4.69, 9.17) is 26.2 Å². The van der Waals surface area contributed by atoms with Gasteiger partial charge in [0.25, 0.3) is 0 Å². The fraction of sp³-hybridized carbons (Fsp3) is 0.429. The summed E-state index contributed by atoms with van der Waals surface area (Å²) in [6.45, 7) is 4.11. The van der Waals surface area contributed by atoms with E-state index in [0.29, 0.717) is 24.7 Å². The number of carbonyl (C=O) groups excluding carboxylic acids is 1. The average Bonchev–Trinajstić information content (AvgIpc) is 3.06. The standard InChI is InChI=1S/C35H45ClN4O5/c1-4-24-8-5-9-26(20-24)32-30(11-6-12-31(32)36)33(45-19-17-38-35(42)43)27-10-7-18-40(23-27)34(41)39-22-28(37-2)21-25-13-15-29(44-3)16-14-25/h5-6,8-9,11-16,20,27-28,33,37-38H,4,7,10,17-19,21-23H2,1-3H3,(H,39,41)(H,42,43)/t27-,28+,33-/m1/s1. The molecule has 45 heavy (non-hydrogen) atoms. The lowest BCUT2D eigenvalue weighted by molar-refractivity contribution is -0.00802. The fourth-order valence-electron chi connectivity index (χ4n) is 5.94. The van der Waals surface area contributed by atoms with Crippen LogP contribution in [0.25, 0.3) is 11.1 Å². The second-order valence-corrected chi connectivity index (χ2v) is 11.8. The lowest BCUT2D eigenvalue weighted by atomic mass is 9.84. The molecule has 4 N–H and O–H groups in total. The molecular weight excluding hydrogens is 592 g/mol. The van der Waals surface area contributed by atoms with Crippen molar-refractivity contribution in [1.82, 2.24) is 20.9 Å². The summed E-state index contributed by atoms with van der Waals surface area (Å²) in [7, 11) is 3.55. The Labute approximate surface area is 271 Å². The Bertz CT molecular complexity index is 1400. The number of ether oxygens (including phenoxy) is 2. The second kappa shape index (κ2) is 17.1. The smallest absolute Gasteiger partial charge is 0.404 e. The molecule has 3 amide bonds. The first-order chi connectivity index (χ1) is 21.8. The maximum absolute atomic E-state index is 13.4. The highest BCUT2D eigenvalue weighted by atomic mass is 35.5. The van der Waals surface area contributed by atoms with Gasteiger partial charge < -0.3 is 35.4 Å². The number of carbonyl (C=O) groups is 2. The zero-order valence-corrected chi connectivity index (χ0v) is 27.1. The number of methoxy groups -OCH3 is 1. The Hall–Kier alpha value is -3.79. The van der Waals surface area contributed by atoms with E-state index in [1.54, 1.807) is 7.11 Å². The molecule has 3 atom stereocenters. The number of nitrogens with one attached hydrogen (secondary N) is 3. The van der Waals surface area contributed by atoms with E-state index in [2.05, 4.69) is 41.1 Å². The summed E-state index contributed by atoms with van der Waals surface area (Å²) in [6.07, 6.45) is 1.86. The van der Waals surface area contributed by atoms with Crippen LogP contribution < -0.4 is 20.7 Å². The SMILES string of the molecule is CCc1cccc(-c2c(Cl)cccc2[C@H](OCCNC(=O)O)[C@@H]2CCCN(C(=O)NC[C@H](Cc3ccc(OC)cc3)NC)C2)c1. The first-order valence-electron chi connectivity index (χ1n) is 15.6. The third-order valence-corrected chi connectivity index (χ3v) is 8.69. The first-order valence-corrected chi connectivity index (χ1v) is 16.0. The van der Waals surface area contributed by atoms with Gasteiger partial charge >= 0.3 is 12.1 Å². The van der Waals surface area contributed by atoms with Crippen molar-refractivity contribution in [3.8, 4) is 16.9 Å². The van der Waals surface area contributed by atoms with Crippen molar-refractivity contribution >= 4 is 23.7 Å². The number of carboxylic acid groups (broad SMARTS) is 1. The number of likely N-dealkylation sites (tertiary alicyclic amines) is 1. The minimum absolute atomic E-state index is 0.0136. The van der Waals surface area contributed by atoms with Crippen molar-refractivity contribution in [2.24, 2.45) is 5.92 Å². The van der Waals surface area contributed by atoms with Crippen molar-refractivity contribution in [2.45, 2.75) is 44.8 Å². The molecule has 242 valence electrons. The molecule has 9 nitrogen and oxygen atoms in total. The van der Waals surface area contributed by atoms with Crippen LogP contribution in [0.4, 0.5) is 9.59 Å². The minimum Gasteiger partial charge on any atom is -0.497 e. The summed E-state index contributed by atoms with van der Waals surface area (Å²) in [6, 6.07) is 22.1. The number of piperidine rings is 1. The topological polar surface area (TPSA) is 112 Å². The summed E-state index contributed by atoms with van der Waals surface area (Å²) in [4.78, 5) is 26.4. The zero-order valence-electron chi connectivity index (χ0n) is 26.4. The van der Waals surface area contributed by atoms with E-state index in [1.807, 2.05) is 60.5 Å². The lowest BCUT2D eigenvalue weighted by Crippen LogP contribution is -2.50. The summed E-state index contributed by atoms with van der Waals surface area (Å²) in [5, 5.41) is 18.5. The third-order valence-electron chi connectivity index (χ3n) is 8.37. The number of likely N-dealkylation sites (N-methyl/N-ethyl adjacent to an activating group) is 1. The second-order valence-electron chi connectivity index (χ2n) is 11.4. The highest BCUT2D eigenvalue weighted by Crippen LogP contribution is 2.41. The molecular formula is C35H45ClN4O5. The van der Waals surface area contributed by atoms with Crippen LogP contribution in [-0.4, -0.2) is 75.1 Å². The van der Waals surface area contributed by atoms with Gasteiger partial charge in [0.05, 0.1) is 19.8 Å². The minimum atomic E-state index is -1.10. The van der Waals surface area contributed by atoms with Gasteiger partial charge in [-0.1, -0.05) is 67.1 Å². The molecule has 0 aliphatic carbocycles. The maximum atomic E-state index is 13.4. The number of hydrogen-bond donors (Lipinski definition) is 4. The van der Waals surface area contributed by atoms with Crippen LogP contribution in [0.1, 0.15) is 42.6 Å². The van der Waals surface area contributed by atoms with Crippen LogP contribution in [0, 0.1) is 5.92 Å². The van der Waals surface area contributed by atoms with E-state index in [9.17, 15) is 9.59 Å². The normalized spacial score (nSPS) is 16.1. The summed E-state index contributed by atoms with van der Waals surface area (Å²) >= 11 is 6.85. The van der Waals surface area contributed by atoms with Crippen LogP contribution in [0.5, 0.6) is 5.75 Å². The molecule has 1 aliphatic rings. The van der Waals surface area contributed by atoms with Crippen molar-refractivity contribution < 1.29 is 24.2 Å². The monoisotopic (exact) mass is 636 g/mol. The van der Waals surface area contributed by atoms with E-state index < -0.39 is 12.2 Å². The van der Waals surface area contributed by atoms with Crippen molar-refractivity contribution in [1.29, 1.82) is 0 Å². The van der Waals surface area contributed by atoms with Gasteiger partial charge in [-0.25, -0.2) is 9.59 Å². The van der Waals surface area contributed by atoms with Gasteiger partial charge in [-0.15, -0.1) is 0 Å². The molecule has 0 bridgehead atoms. The van der Waals surface area contributed by atoms with E-state index >= 15 is 0 Å². The highest BCUT2D eigenvalue weighted by molar-refractivity contribution is 6.33. The molecule has 0 aromatic heterocycles. The number of amides is 3. The number of urea groups is 1. The van der Waals surface area contributed by atoms with Gasteiger partial charge in [0, 0.05) is 48.7 Å². The van der Waals surface area contributed by atoms with Crippen molar-refractivity contribution in [3.63, 3.8) is 0 Å². The average molecular weight is 637 g/mol. The molecule has 1 fully saturated rings. The van der Waals surface area contributed by atoms with Gasteiger partial charge in [0.2, 0.25) is 0 Å². The summed E-state index contributed by atoms with van der Waals surface area (Å²) < 4.78 is 11.7. The lowest BCUT2D eigenvalue weighted by Gasteiger charge is -2.38. The first kappa shape index (κ1) is 34.1. The van der Waals surface area contributed by atoms with Gasteiger partial charge in [0.1, 0.15) is 5.75 Å². The molecule has 0 spiro atoms. The van der Waals surface area contributed by atoms with Crippen LogP contribution in [0.15, 0.2) is 66.7 Å². The van der Waals surface area contributed by atoms with Crippen LogP contribution in [0.3, 0.4) is 0 Å².